The number of nitrogens with zero attached hydrogens (tertiary/aromatic N) is 4. The van der Waals surface area contributed by atoms with Crippen LogP contribution in [0, 0.1) is 10.1 Å². The number of hydrogen-bond acceptors (Lipinski definition) is 12. The maximum atomic E-state index is 13.0. The second-order valence-electron chi connectivity index (χ2n) is 8.14. The van der Waals surface area contributed by atoms with Crippen LogP contribution in [0.25, 0.3) is 0 Å². The summed E-state index contributed by atoms with van der Waals surface area (Å²) in [5.74, 6) is -1.44. The molecule has 0 saturated carbocycles. The number of nitro groups is 1. The molecule has 2 aromatic rings. The lowest BCUT2D eigenvalue weighted by atomic mass is 10.0. The van der Waals surface area contributed by atoms with Crippen LogP contribution in [-0.2, 0) is 30.6 Å². The van der Waals surface area contributed by atoms with Crippen LogP contribution in [0.3, 0.4) is 0 Å². The number of non-ortho nitro benzene ring substituents is 1. The average molecular weight is 547 g/mol. The smallest absolute Gasteiger partial charge is 0.355 e. The zero-order valence-corrected chi connectivity index (χ0v) is 21.3. The van der Waals surface area contributed by atoms with Crippen molar-refractivity contribution in [3.05, 3.63) is 62.8 Å². The van der Waals surface area contributed by atoms with Crippen LogP contribution in [-0.4, -0.2) is 61.6 Å². The second kappa shape index (κ2) is 11.0. The van der Waals surface area contributed by atoms with E-state index in [1.54, 1.807) is 25.3 Å². The van der Waals surface area contributed by atoms with Crippen molar-refractivity contribution in [1.29, 1.82) is 0 Å². The summed E-state index contributed by atoms with van der Waals surface area (Å²) in [6.07, 6.45) is 1.29. The molecule has 2 aliphatic rings. The lowest BCUT2D eigenvalue weighted by molar-refractivity contribution is -0.384. The number of thiazole rings is 1. The number of benzene rings is 1. The number of nitrogen functional groups attached to an aromatic ring is 1. The monoisotopic (exact) mass is 546 g/mol. The van der Waals surface area contributed by atoms with Crippen molar-refractivity contribution in [2.24, 2.45) is 5.16 Å². The first-order chi connectivity index (χ1) is 17.7. The number of carbonyl (C=O) groups is 3. The molecule has 3 N–H and O–H groups in total. The molecule has 3 heterocycles. The van der Waals surface area contributed by atoms with Gasteiger partial charge in [0.25, 0.3) is 17.5 Å². The highest BCUT2D eigenvalue weighted by Gasteiger charge is 2.53. The number of thioether (sulfide) groups is 1. The number of ether oxygens (including phenoxy) is 1. The van der Waals surface area contributed by atoms with Crippen molar-refractivity contribution in [1.82, 2.24) is 15.2 Å². The fourth-order valence-electron chi connectivity index (χ4n) is 3.43. The molecule has 2 atom stereocenters. The molecular weight excluding hydrogens is 524 g/mol. The zero-order chi connectivity index (χ0) is 26.7. The molecule has 1 aromatic carbocycles. The fourth-order valence-corrected chi connectivity index (χ4v) is 5.18. The largest absolute Gasteiger partial charge is 0.456 e. The first-order valence-electron chi connectivity index (χ1n) is 11.0. The summed E-state index contributed by atoms with van der Waals surface area (Å²) in [5.41, 5.74) is 6.34. The number of nitrogens with two attached hydrogens (primary N) is 1. The van der Waals surface area contributed by atoms with Crippen LogP contribution >= 0.6 is 23.1 Å². The van der Waals surface area contributed by atoms with Crippen molar-refractivity contribution in [3.8, 4) is 0 Å². The molecule has 1 unspecified atom stereocenters. The molecule has 1 fully saturated rings. The van der Waals surface area contributed by atoms with Gasteiger partial charge >= 0.3 is 5.97 Å². The van der Waals surface area contributed by atoms with Crippen LogP contribution in [0.1, 0.15) is 25.1 Å². The molecule has 0 bridgehead atoms. The number of carbonyl (C=O) groups excluding carboxylic acids is 3. The van der Waals surface area contributed by atoms with Crippen molar-refractivity contribution < 1.29 is 28.9 Å². The van der Waals surface area contributed by atoms with Gasteiger partial charge in [-0.15, -0.1) is 23.1 Å². The Kier molecular flexibility index (Phi) is 7.73. The van der Waals surface area contributed by atoms with Crippen LogP contribution in [0.2, 0.25) is 0 Å². The molecule has 15 heteroatoms. The van der Waals surface area contributed by atoms with Gasteiger partial charge in [0, 0.05) is 23.3 Å². The summed E-state index contributed by atoms with van der Waals surface area (Å²) in [4.78, 5) is 59.5. The summed E-state index contributed by atoms with van der Waals surface area (Å²) in [6, 6.07) is 4.69. The number of β-lactam (4-membered cyclic amide) rings is 1. The third-order valence-electron chi connectivity index (χ3n) is 5.19. The maximum Gasteiger partial charge on any atom is 0.355 e. The van der Waals surface area contributed by atoms with Gasteiger partial charge in [-0.3, -0.25) is 24.6 Å². The molecule has 194 valence electrons. The van der Waals surface area contributed by atoms with Crippen LogP contribution < -0.4 is 11.1 Å². The molecule has 2 amide bonds. The average Bonchev–Trinajstić information content (AvgIpc) is 3.30. The van der Waals surface area contributed by atoms with Gasteiger partial charge in [0.05, 0.1) is 4.92 Å². The highest BCUT2D eigenvalue weighted by Crippen LogP contribution is 2.38. The van der Waals surface area contributed by atoms with E-state index in [0.29, 0.717) is 11.3 Å². The Labute approximate surface area is 218 Å². The topological polar surface area (TPSA) is 179 Å². The van der Waals surface area contributed by atoms with Crippen molar-refractivity contribution in [2.75, 3.05) is 11.5 Å². The number of anilines is 1. The Bertz CT molecular complexity index is 1290. The standard InChI is InChI=1S/C22H22N6O7S2/c1-11(2)35-26-16(14-10-37-22(23)24-14)18(29)25-17-19(30)27-15(7-8-36-20(17)27)21(31)34-9-12-3-5-13(6-4-12)28(32)33/h3-7,10-11,17,20H,8-9H2,1-2H3,(H2,23,24)(H,25,29)/b26-16+/t17?,20-/m1/s1. The minimum absolute atomic E-state index is 0.0745. The minimum atomic E-state index is -0.899. The Balaban J connectivity index is 1.40. The molecule has 0 spiro atoms. The number of aromatic nitrogens is 1. The first kappa shape index (κ1) is 26.1. The second-order valence-corrected chi connectivity index (χ2v) is 10.2. The quantitative estimate of drug-likeness (QED) is 0.155. The van der Waals surface area contributed by atoms with E-state index in [-0.39, 0.29) is 40.6 Å². The number of nitro benzene ring substituents is 1. The van der Waals surface area contributed by atoms with E-state index in [0.717, 1.165) is 11.3 Å². The zero-order valence-electron chi connectivity index (χ0n) is 19.7. The fraction of sp³-hybridized carbons (Fsp3) is 0.318. The van der Waals surface area contributed by atoms with E-state index in [2.05, 4.69) is 15.5 Å². The van der Waals surface area contributed by atoms with Crippen molar-refractivity contribution in [2.45, 2.75) is 38.0 Å². The van der Waals surface area contributed by atoms with Gasteiger partial charge in [-0.1, -0.05) is 5.16 Å². The van der Waals surface area contributed by atoms with E-state index in [9.17, 15) is 24.5 Å². The predicted molar refractivity (Wildman–Crippen MR) is 135 cm³/mol. The summed E-state index contributed by atoms with van der Waals surface area (Å²) in [7, 11) is 0. The molecule has 1 saturated heterocycles. The Morgan fingerprint density at radius 1 is 1.35 bits per heavy atom. The van der Waals surface area contributed by atoms with Crippen LogP contribution in [0.15, 0.2) is 46.6 Å². The van der Waals surface area contributed by atoms with Crippen LogP contribution in [0.5, 0.6) is 0 Å². The third kappa shape index (κ3) is 5.72. The number of esters is 1. The number of hydrogen-bond donors (Lipinski definition) is 2. The van der Waals surface area contributed by atoms with E-state index >= 15 is 0 Å². The number of nitrogens with one attached hydrogen (secondary N) is 1. The molecule has 2 aliphatic heterocycles. The predicted octanol–water partition coefficient (Wildman–Crippen LogP) is 1.79. The molecular formula is C22H22N6O7S2. The summed E-state index contributed by atoms with van der Waals surface area (Å²) in [5, 5.41) is 18.6. The number of rotatable bonds is 9. The van der Waals surface area contributed by atoms with E-state index in [4.69, 9.17) is 15.3 Å². The summed E-state index contributed by atoms with van der Waals surface area (Å²) >= 11 is 2.51. The summed E-state index contributed by atoms with van der Waals surface area (Å²) in [6.45, 7) is 3.37. The number of oxime groups is 1. The number of fused-ring (bicyclic) bond motifs is 1. The molecule has 0 aliphatic carbocycles. The molecule has 37 heavy (non-hydrogen) atoms. The lowest BCUT2D eigenvalue weighted by Gasteiger charge is -2.48. The van der Waals surface area contributed by atoms with Gasteiger partial charge in [-0.05, 0) is 37.6 Å². The molecule has 0 radical (unpaired) electrons. The lowest BCUT2D eigenvalue weighted by Crippen LogP contribution is -2.70. The van der Waals surface area contributed by atoms with Crippen LogP contribution in [0.4, 0.5) is 10.8 Å². The van der Waals surface area contributed by atoms with Crippen molar-refractivity contribution in [3.63, 3.8) is 0 Å². The highest BCUT2D eigenvalue weighted by molar-refractivity contribution is 8.00. The van der Waals surface area contributed by atoms with Gasteiger partial charge in [0.1, 0.15) is 35.5 Å². The SMILES string of the molecule is CC(C)O/N=C(/C(=O)NC1C(=O)N2C(C(=O)OCc3ccc([N+](=O)[O-])cc3)=CCS[C@H]12)c1csc(N)n1. The molecule has 13 nitrogen and oxygen atoms in total. The van der Waals surface area contributed by atoms with E-state index in [1.165, 1.54) is 40.9 Å². The maximum absolute atomic E-state index is 13.0. The Hall–Kier alpha value is -3.98. The van der Waals surface area contributed by atoms with E-state index in [1.807, 2.05) is 0 Å². The van der Waals surface area contributed by atoms with Gasteiger partial charge in [0.15, 0.2) is 10.8 Å². The molecule has 4 rings (SSSR count). The minimum Gasteiger partial charge on any atom is -0.456 e. The molecule has 1 aromatic heterocycles. The Morgan fingerprint density at radius 2 is 2.08 bits per heavy atom. The summed E-state index contributed by atoms with van der Waals surface area (Å²) < 4.78 is 5.32. The van der Waals surface area contributed by atoms with Gasteiger partial charge in [-0.25, -0.2) is 9.78 Å². The highest BCUT2D eigenvalue weighted by atomic mass is 32.2. The number of amides is 2. The normalized spacial score (nSPS) is 19.0. The van der Waals surface area contributed by atoms with Gasteiger partial charge < -0.3 is 20.6 Å². The van der Waals surface area contributed by atoms with Crippen molar-refractivity contribution >= 4 is 57.4 Å². The first-order valence-corrected chi connectivity index (χ1v) is 12.9. The van der Waals surface area contributed by atoms with Gasteiger partial charge in [-0.2, -0.15) is 0 Å². The Morgan fingerprint density at radius 3 is 2.70 bits per heavy atom. The van der Waals surface area contributed by atoms with E-state index < -0.39 is 34.1 Å². The van der Waals surface area contributed by atoms with Gasteiger partial charge in [0.2, 0.25) is 0 Å². The third-order valence-corrected chi connectivity index (χ3v) is 7.05.